The summed E-state index contributed by atoms with van der Waals surface area (Å²) in [6.07, 6.45) is 0. The first-order chi connectivity index (χ1) is 9.43. The lowest BCUT2D eigenvalue weighted by Gasteiger charge is -2.38. The maximum atomic E-state index is 5.33. The molecule has 1 N–H and O–H groups in total. The van der Waals surface area contributed by atoms with E-state index in [2.05, 4.69) is 44.8 Å². The fourth-order valence-electron chi connectivity index (χ4n) is 2.50. The molecule has 4 heteroatoms. The molecule has 0 bridgehead atoms. The van der Waals surface area contributed by atoms with Gasteiger partial charge < -0.3 is 14.8 Å². The van der Waals surface area contributed by atoms with E-state index in [-0.39, 0.29) is 0 Å². The number of ether oxygens (including phenoxy) is 2. The van der Waals surface area contributed by atoms with E-state index in [0.29, 0.717) is 23.9 Å². The first-order valence-electron chi connectivity index (χ1n) is 7.88. The summed E-state index contributed by atoms with van der Waals surface area (Å²) in [6.45, 7) is 15.9. The Labute approximate surface area is 126 Å². The third-order valence-corrected chi connectivity index (χ3v) is 3.63. The van der Waals surface area contributed by atoms with E-state index in [1.54, 1.807) is 14.2 Å². The van der Waals surface area contributed by atoms with Crippen LogP contribution in [0.5, 0.6) is 0 Å². The summed E-state index contributed by atoms with van der Waals surface area (Å²) in [6, 6.07) is 0.914. The first kappa shape index (κ1) is 19.8. The van der Waals surface area contributed by atoms with Crippen LogP contribution in [0.15, 0.2) is 0 Å². The third-order valence-electron chi connectivity index (χ3n) is 3.63. The molecule has 20 heavy (non-hydrogen) atoms. The molecule has 0 fully saturated rings. The van der Waals surface area contributed by atoms with Crippen LogP contribution < -0.4 is 5.32 Å². The van der Waals surface area contributed by atoms with Crippen LogP contribution in [0.1, 0.15) is 34.6 Å². The van der Waals surface area contributed by atoms with Crippen molar-refractivity contribution >= 4 is 0 Å². The van der Waals surface area contributed by atoms with Crippen molar-refractivity contribution in [2.24, 2.45) is 11.8 Å². The van der Waals surface area contributed by atoms with E-state index >= 15 is 0 Å². The summed E-state index contributed by atoms with van der Waals surface area (Å²) in [5.41, 5.74) is 0. The molecule has 0 aliphatic carbocycles. The predicted octanol–water partition coefficient (Wildman–Crippen LogP) is 2.24. The summed E-state index contributed by atoms with van der Waals surface area (Å²) >= 11 is 0. The van der Waals surface area contributed by atoms with Gasteiger partial charge in [-0.15, -0.1) is 0 Å². The molecule has 0 aliphatic rings. The zero-order valence-electron chi connectivity index (χ0n) is 14.6. The first-order valence-corrected chi connectivity index (χ1v) is 7.88. The van der Waals surface area contributed by atoms with Crippen molar-refractivity contribution in [2.75, 3.05) is 47.1 Å². The number of hydrogen-bond donors (Lipinski definition) is 1. The Kier molecular flexibility index (Phi) is 11.4. The average Bonchev–Trinajstić information content (AvgIpc) is 2.36. The predicted molar refractivity (Wildman–Crippen MR) is 86.3 cm³/mol. The largest absolute Gasteiger partial charge is 0.383 e. The molecular weight excluding hydrogens is 252 g/mol. The molecule has 0 saturated carbocycles. The number of nitrogens with zero attached hydrogens (tertiary/aromatic N) is 1. The molecule has 2 unspecified atom stereocenters. The highest BCUT2D eigenvalue weighted by Crippen LogP contribution is 2.14. The second-order valence-electron chi connectivity index (χ2n) is 6.40. The highest BCUT2D eigenvalue weighted by molar-refractivity contribution is 4.81. The fourth-order valence-corrected chi connectivity index (χ4v) is 2.50. The molecule has 0 heterocycles. The molecule has 0 aromatic carbocycles. The van der Waals surface area contributed by atoms with Gasteiger partial charge in [0.05, 0.1) is 13.2 Å². The maximum Gasteiger partial charge on any atom is 0.0615 e. The lowest BCUT2D eigenvalue weighted by molar-refractivity contribution is 0.0324. The summed E-state index contributed by atoms with van der Waals surface area (Å²) in [4.78, 5) is 2.52. The summed E-state index contributed by atoms with van der Waals surface area (Å²) in [5, 5.41) is 3.60. The van der Waals surface area contributed by atoms with E-state index < -0.39 is 0 Å². The maximum absolute atomic E-state index is 5.33. The van der Waals surface area contributed by atoms with Crippen LogP contribution in [0.2, 0.25) is 0 Å². The van der Waals surface area contributed by atoms with Gasteiger partial charge in [-0.25, -0.2) is 0 Å². The number of hydrogen-bond acceptors (Lipinski definition) is 4. The van der Waals surface area contributed by atoms with Crippen molar-refractivity contribution < 1.29 is 9.47 Å². The topological polar surface area (TPSA) is 33.7 Å². The van der Waals surface area contributed by atoms with E-state index in [1.165, 1.54) is 0 Å². The van der Waals surface area contributed by atoms with Crippen molar-refractivity contribution in [2.45, 2.75) is 46.7 Å². The van der Waals surface area contributed by atoms with Gasteiger partial charge in [-0.05, 0) is 25.3 Å². The van der Waals surface area contributed by atoms with Crippen LogP contribution in [0.3, 0.4) is 0 Å². The summed E-state index contributed by atoms with van der Waals surface area (Å²) < 4.78 is 10.6. The molecular formula is C16H36N2O2. The number of nitrogens with one attached hydrogen (secondary N) is 1. The van der Waals surface area contributed by atoms with Crippen LogP contribution in [-0.4, -0.2) is 64.1 Å². The van der Waals surface area contributed by atoms with E-state index in [9.17, 15) is 0 Å². The van der Waals surface area contributed by atoms with Gasteiger partial charge in [0, 0.05) is 39.4 Å². The molecule has 0 rings (SSSR count). The molecule has 0 saturated heterocycles. The van der Waals surface area contributed by atoms with Gasteiger partial charge in [0.2, 0.25) is 0 Å². The van der Waals surface area contributed by atoms with E-state index in [1.807, 2.05) is 0 Å². The van der Waals surface area contributed by atoms with Gasteiger partial charge >= 0.3 is 0 Å². The molecule has 0 aromatic heterocycles. The summed E-state index contributed by atoms with van der Waals surface area (Å²) in [5.74, 6) is 1.29. The van der Waals surface area contributed by atoms with Crippen molar-refractivity contribution in [1.82, 2.24) is 10.2 Å². The van der Waals surface area contributed by atoms with Crippen molar-refractivity contribution in [3.63, 3.8) is 0 Å². The molecule has 0 aliphatic heterocycles. The monoisotopic (exact) mass is 288 g/mol. The Bertz CT molecular complexity index is 223. The third kappa shape index (κ3) is 8.20. The fraction of sp³-hybridized carbons (Fsp3) is 1.00. The normalized spacial score (nSPS) is 15.3. The van der Waals surface area contributed by atoms with Gasteiger partial charge in [0.25, 0.3) is 0 Å². The molecule has 0 aromatic rings. The molecule has 0 spiro atoms. The van der Waals surface area contributed by atoms with Crippen LogP contribution in [-0.2, 0) is 9.47 Å². The minimum Gasteiger partial charge on any atom is -0.383 e. The molecule has 2 atom stereocenters. The average molecular weight is 288 g/mol. The van der Waals surface area contributed by atoms with E-state index in [0.717, 1.165) is 32.8 Å². The highest BCUT2D eigenvalue weighted by Gasteiger charge is 2.25. The second kappa shape index (κ2) is 11.5. The van der Waals surface area contributed by atoms with Crippen molar-refractivity contribution in [3.05, 3.63) is 0 Å². The quantitative estimate of drug-likeness (QED) is 0.597. The summed E-state index contributed by atoms with van der Waals surface area (Å²) in [7, 11) is 3.53. The Morgan fingerprint density at radius 3 is 2.05 bits per heavy atom. The SMILES string of the molecule is COCCN(C(C)COC)C(CNCC(C)C)C(C)C. The second-order valence-corrected chi connectivity index (χ2v) is 6.40. The Morgan fingerprint density at radius 2 is 1.60 bits per heavy atom. The molecule has 4 nitrogen and oxygen atoms in total. The van der Waals surface area contributed by atoms with Gasteiger partial charge in [0.1, 0.15) is 0 Å². The Balaban J connectivity index is 4.63. The van der Waals surface area contributed by atoms with Gasteiger partial charge in [-0.2, -0.15) is 0 Å². The van der Waals surface area contributed by atoms with Crippen LogP contribution in [0.4, 0.5) is 0 Å². The van der Waals surface area contributed by atoms with Crippen molar-refractivity contribution in [1.29, 1.82) is 0 Å². The van der Waals surface area contributed by atoms with Gasteiger partial charge in [-0.1, -0.05) is 27.7 Å². The zero-order chi connectivity index (χ0) is 15.5. The Morgan fingerprint density at radius 1 is 0.950 bits per heavy atom. The lowest BCUT2D eigenvalue weighted by atomic mass is 10.00. The number of rotatable bonds is 12. The van der Waals surface area contributed by atoms with Crippen LogP contribution >= 0.6 is 0 Å². The standard InChI is InChI=1S/C16H36N2O2/c1-13(2)10-17-11-16(14(3)4)18(8-9-19-6)15(5)12-20-7/h13-17H,8-12H2,1-7H3. The van der Waals surface area contributed by atoms with E-state index in [4.69, 9.17) is 9.47 Å². The van der Waals surface area contributed by atoms with Crippen LogP contribution in [0, 0.1) is 11.8 Å². The smallest absolute Gasteiger partial charge is 0.0615 e. The Hall–Kier alpha value is -0.160. The molecule has 0 radical (unpaired) electrons. The highest BCUT2D eigenvalue weighted by atomic mass is 16.5. The lowest BCUT2D eigenvalue weighted by Crippen LogP contribution is -2.52. The minimum atomic E-state index is 0.406. The molecule has 0 amide bonds. The number of methoxy groups -OCH3 is 2. The van der Waals surface area contributed by atoms with Crippen molar-refractivity contribution in [3.8, 4) is 0 Å². The van der Waals surface area contributed by atoms with Gasteiger partial charge in [-0.3, -0.25) is 4.90 Å². The minimum absolute atomic E-state index is 0.406. The van der Waals surface area contributed by atoms with Gasteiger partial charge in [0.15, 0.2) is 0 Å². The molecule has 122 valence electrons. The zero-order valence-corrected chi connectivity index (χ0v) is 14.6. The van der Waals surface area contributed by atoms with Crippen LogP contribution in [0.25, 0.3) is 0 Å².